The maximum Gasteiger partial charge on any atom is 0.307 e. The molecule has 1 aromatic heterocycles. The molecule has 0 spiro atoms. The van der Waals surface area contributed by atoms with Gasteiger partial charge in [0.2, 0.25) is 0 Å². The van der Waals surface area contributed by atoms with Crippen LogP contribution < -0.4 is 5.56 Å². The molecule has 3 rings (SSSR count). The molecule has 1 saturated heterocycles. The highest BCUT2D eigenvalue weighted by Crippen LogP contribution is 2.25. The minimum Gasteiger partial charge on any atom is -0.466 e. The zero-order chi connectivity index (χ0) is 18.7. The van der Waals surface area contributed by atoms with Gasteiger partial charge < -0.3 is 14.2 Å². The van der Waals surface area contributed by atoms with Crippen LogP contribution in [-0.4, -0.2) is 40.5 Å². The van der Waals surface area contributed by atoms with Crippen LogP contribution in [0.4, 0.5) is 0 Å². The van der Waals surface area contributed by atoms with Gasteiger partial charge in [-0.3, -0.25) is 14.4 Å². The van der Waals surface area contributed by atoms with E-state index < -0.39 is 0 Å². The Labute approximate surface area is 152 Å². The lowest BCUT2D eigenvalue weighted by Gasteiger charge is -2.35. The number of rotatable bonds is 4. The number of benzene rings is 1. The summed E-state index contributed by atoms with van der Waals surface area (Å²) in [4.78, 5) is 39.2. The average molecular weight is 356 g/mol. The van der Waals surface area contributed by atoms with Gasteiger partial charge in [0.15, 0.2) is 0 Å². The predicted octanol–water partition coefficient (Wildman–Crippen LogP) is 2.49. The van der Waals surface area contributed by atoms with Gasteiger partial charge in [0, 0.05) is 31.1 Å². The molecule has 2 aromatic rings. The fraction of sp³-hybridized carbons (Fsp3) is 0.450. The van der Waals surface area contributed by atoms with Gasteiger partial charge in [-0.15, -0.1) is 0 Å². The Morgan fingerprint density at radius 2 is 2.00 bits per heavy atom. The van der Waals surface area contributed by atoms with Crippen molar-refractivity contribution < 1.29 is 14.3 Å². The number of hydrogen-bond acceptors (Lipinski definition) is 4. The first-order chi connectivity index (χ1) is 12.5. The molecular weight excluding hydrogens is 332 g/mol. The van der Waals surface area contributed by atoms with Crippen LogP contribution in [0.25, 0.3) is 10.9 Å². The van der Waals surface area contributed by atoms with Crippen molar-refractivity contribution >= 4 is 22.8 Å². The number of piperidine rings is 1. The van der Waals surface area contributed by atoms with Gasteiger partial charge in [-0.1, -0.05) is 18.2 Å². The van der Waals surface area contributed by atoms with Crippen molar-refractivity contribution in [1.29, 1.82) is 0 Å². The fourth-order valence-electron chi connectivity index (χ4n) is 3.63. The van der Waals surface area contributed by atoms with Crippen LogP contribution >= 0.6 is 0 Å². The van der Waals surface area contributed by atoms with Crippen molar-refractivity contribution in [1.82, 2.24) is 9.47 Å². The van der Waals surface area contributed by atoms with Gasteiger partial charge in [0.05, 0.1) is 24.1 Å². The molecule has 6 heteroatoms. The molecule has 1 amide bonds. The van der Waals surface area contributed by atoms with Crippen molar-refractivity contribution in [3.05, 3.63) is 46.2 Å². The van der Waals surface area contributed by atoms with Crippen LogP contribution in [0.1, 0.15) is 43.0 Å². The van der Waals surface area contributed by atoms with Crippen LogP contribution in [0.5, 0.6) is 0 Å². The Bertz CT molecular complexity index is 887. The van der Waals surface area contributed by atoms with E-state index in [0.29, 0.717) is 18.7 Å². The first-order valence-corrected chi connectivity index (χ1v) is 9.08. The first-order valence-electron chi connectivity index (χ1n) is 9.08. The number of fused-ring (bicyclic) bond motifs is 1. The zero-order valence-electron chi connectivity index (χ0n) is 15.2. The molecule has 2 heterocycles. The number of nitrogens with zero attached hydrogens (tertiary/aromatic N) is 2. The van der Waals surface area contributed by atoms with E-state index in [1.54, 1.807) is 23.4 Å². The number of ether oxygens (including phenoxy) is 1. The third-order valence-corrected chi connectivity index (χ3v) is 4.98. The molecule has 0 aliphatic carbocycles. The second-order valence-electron chi connectivity index (χ2n) is 6.63. The highest BCUT2D eigenvalue weighted by Gasteiger charge is 2.30. The molecule has 0 N–H and O–H groups in total. The maximum absolute atomic E-state index is 13.3. The fourth-order valence-corrected chi connectivity index (χ4v) is 3.63. The number of pyridine rings is 1. The second kappa shape index (κ2) is 7.72. The maximum atomic E-state index is 13.3. The van der Waals surface area contributed by atoms with Crippen LogP contribution in [0.15, 0.2) is 35.1 Å². The highest BCUT2D eigenvalue weighted by atomic mass is 16.5. The lowest BCUT2D eigenvalue weighted by Crippen LogP contribution is -2.45. The van der Waals surface area contributed by atoms with Crippen LogP contribution in [0.2, 0.25) is 0 Å². The van der Waals surface area contributed by atoms with E-state index in [-0.39, 0.29) is 29.9 Å². The van der Waals surface area contributed by atoms with Crippen LogP contribution in [0.3, 0.4) is 0 Å². The Hall–Kier alpha value is -2.63. The topological polar surface area (TPSA) is 68.6 Å². The molecule has 1 atom stereocenters. The molecule has 1 aliphatic heterocycles. The summed E-state index contributed by atoms with van der Waals surface area (Å²) in [6.07, 6.45) is 2.84. The standard InChI is InChI=1S/C20H24N2O4/c1-3-26-19(24)12-14-8-6-7-11-22(14)20(25)16-13-18(23)21(2)17-10-5-4-9-15(16)17/h4-5,9-10,13-14H,3,6-8,11-12H2,1-2H3. The molecule has 0 radical (unpaired) electrons. The molecule has 1 aliphatic rings. The largest absolute Gasteiger partial charge is 0.466 e. The summed E-state index contributed by atoms with van der Waals surface area (Å²) in [6, 6.07) is 8.61. The summed E-state index contributed by atoms with van der Waals surface area (Å²) < 4.78 is 6.59. The molecule has 1 fully saturated rings. The lowest BCUT2D eigenvalue weighted by atomic mass is 9.97. The summed E-state index contributed by atoms with van der Waals surface area (Å²) in [5.41, 5.74) is 0.910. The third-order valence-electron chi connectivity index (χ3n) is 4.98. The number of carbonyl (C=O) groups excluding carboxylic acids is 2. The Balaban J connectivity index is 1.97. The molecule has 1 aromatic carbocycles. The second-order valence-corrected chi connectivity index (χ2v) is 6.63. The monoisotopic (exact) mass is 356 g/mol. The smallest absolute Gasteiger partial charge is 0.307 e. The van der Waals surface area contributed by atoms with Gasteiger partial charge in [-0.2, -0.15) is 0 Å². The van der Waals surface area contributed by atoms with Crippen molar-refractivity contribution in [2.24, 2.45) is 7.05 Å². The Morgan fingerprint density at radius 1 is 1.23 bits per heavy atom. The molecule has 0 saturated carbocycles. The number of aryl methyl sites for hydroxylation is 1. The number of esters is 1. The number of para-hydroxylation sites is 1. The van der Waals surface area contributed by atoms with Gasteiger partial charge in [0.1, 0.15) is 0 Å². The van der Waals surface area contributed by atoms with Crippen molar-refractivity contribution in [3.8, 4) is 0 Å². The van der Waals surface area contributed by atoms with Crippen molar-refractivity contribution in [2.45, 2.75) is 38.6 Å². The van der Waals surface area contributed by atoms with E-state index in [2.05, 4.69) is 0 Å². The minimum atomic E-state index is -0.286. The van der Waals surface area contributed by atoms with Gasteiger partial charge in [-0.05, 0) is 32.3 Å². The number of aromatic nitrogens is 1. The first kappa shape index (κ1) is 18.2. The van der Waals surface area contributed by atoms with Crippen LogP contribution in [0, 0.1) is 0 Å². The van der Waals surface area contributed by atoms with E-state index in [9.17, 15) is 14.4 Å². The quantitative estimate of drug-likeness (QED) is 0.789. The molecule has 1 unspecified atom stereocenters. The highest BCUT2D eigenvalue weighted by molar-refractivity contribution is 6.06. The van der Waals surface area contributed by atoms with E-state index in [1.807, 2.05) is 24.3 Å². The molecular formula is C20H24N2O4. The summed E-state index contributed by atoms with van der Waals surface area (Å²) in [7, 11) is 1.70. The van der Waals surface area contributed by atoms with Gasteiger partial charge in [0.25, 0.3) is 11.5 Å². The number of amides is 1. The summed E-state index contributed by atoms with van der Waals surface area (Å²) in [5, 5.41) is 0.750. The molecule has 26 heavy (non-hydrogen) atoms. The summed E-state index contributed by atoms with van der Waals surface area (Å²) >= 11 is 0. The van der Waals surface area contributed by atoms with E-state index >= 15 is 0 Å². The number of likely N-dealkylation sites (tertiary alicyclic amines) is 1. The third kappa shape index (κ3) is 3.49. The Morgan fingerprint density at radius 3 is 2.77 bits per heavy atom. The normalized spacial score (nSPS) is 17.3. The molecule has 0 bridgehead atoms. The molecule has 6 nitrogen and oxygen atoms in total. The minimum absolute atomic E-state index is 0.182. The zero-order valence-corrected chi connectivity index (χ0v) is 15.2. The Kier molecular flexibility index (Phi) is 5.40. The predicted molar refractivity (Wildman–Crippen MR) is 99.1 cm³/mol. The lowest BCUT2D eigenvalue weighted by molar-refractivity contribution is -0.144. The van der Waals surface area contributed by atoms with Crippen molar-refractivity contribution in [2.75, 3.05) is 13.2 Å². The summed E-state index contributed by atoms with van der Waals surface area (Å²) in [5.74, 6) is -0.473. The number of hydrogen-bond donors (Lipinski definition) is 0. The van der Waals surface area contributed by atoms with E-state index in [4.69, 9.17) is 4.74 Å². The van der Waals surface area contributed by atoms with E-state index in [0.717, 1.165) is 30.2 Å². The van der Waals surface area contributed by atoms with E-state index in [1.165, 1.54) is 6.07 Å². The van der Waals surface area contributed by atoms with Gasteiger partial charge in [-0.25, -0.2) is 0 Å². The number of carbonyl (C=O) groups is 2. The van der Waals surface area contributed by atoms with Crippen LogP contribution in [-0.2, 0) is 16.6 Å². The molecule has 138 valence electrons. The SMILES string of the molecule is CCOC(=O)CC1CCCCN1C(=O)c1cc(=O)n(C)c2ccccc12. The van der Waals surface area contributed by atoms with Crippen molar-refractivity contribution in [3.63, 3.8) is 0 Å². The van der Waals surface area contributed by atoms with Gasteiger partial charge >= 0.3 is 5.97 Å². The average Bonchev–Trinajstić information content (AvgIpc) is 2.65. The summed E-state index contributed by atoms with van der Waals surface area (Å²) in [6.45, 7) is 2.69.